The molecule has 0 unspecified atom stereocenters. The van der Waals surface area contributed by atoms with Crippen LogP contribution in [0.3, 0.4) is 0 Å². The molecule has 2 aromatic carbocycles. The zero-order valence-electron chi connectivity index (χ0n) is 10.7. The molecule has 3 nitrogen and oxygen atoms in total. The van der Waals surface area contributed by atoms with Crippen LogP contribution in [0.25, 0.3) is 11.0 Å². The Morgan fingerprint density at radius 1 is 1.15 bits per heavy atom. The van der Waals surface area contributed by atoms with Crippen molar-refractivity contribution >= 4 is 44.5 Å². The molecule has 0 spiro atoms. The summed E-state index contributed by atoms with van der Waals surface area (Å²) in [5, 5.41) is 4.07. The molecule has 0 aliphatic carbocycles. The maximum absolute atomic E-state index is 5.87. The second-order valence-corrected chi connectivity index (χ2v) is 5.90. The van der Waals surface area contributed by atoms with Gasteiger partial charge in [0.25, 0.3) is 0 Å². The molecule has 0 radical (unpaired) electrons. The van der Waals surface area contributed by atoms with Gasteiger partial charge in [-0.3, -0.25) is 0 Å². The predicted octanol–water partition coefficient (Wildman–Crippen LogP) is 4.63. The van der Waals surface area contributed by atoms with Crippen LogP contribution in [-0.2, 0) is 6.42 Å². The van der Waals surface area contributed by atoms with Crippen LogP contribution in [0.4, 0.5) is 5.95 Å². The number of fused-ring (bicyclic) bond motifs is 1. The van der Waals surface area contributed by atoms with Crippen LogP contribution in [0.2, 0.25) is 5.02 Å². The number of nitrogens with one attached hydrogen (secondary N) is 2. The first kappa shape index (κ1) is 13.5. The van der Waals surface area contributed by atoms with Gasteiger partial charge in [0, 0.05) is 16.0 Å². The van der Waals surface area contributed by atoms with Crippen molar-refractivity contribution in [3.8, 4) is 0 Å². The minimum atomic E-state index is 0.768. The molecule has 5 heteroatoms. The van der Waals surface area contributed by atoms with E-state index in [0.29, 0.717) is 0 Å². The van der Waals surface area contributed by atoms with E-state index in [1.54, 1.807) is 0 Å². The second-order valence-electron chi connectivity index (χ2n) is 4.55. The minimum absolute atomic E-state index is 0.768. The van der Waals surface area contributed by atoms with E-state index >= 15 is 0 Å². The molecule has 2 N–H and O–H groups in total. The first-order valence-corrected chi connectivity index (χ1v) is 7.51. The molecule has 0 saturated heterocycles. The van der Waals surface area contributed by atoms with Crippen LogP contribution < -0.4 is 5.32 Å². The Kier molecular flexibility index (Phi) is 3.94. The normalized spacial score (nSPS) is 10.9. The molecule has 0 aliphatic rings. The smallest absolute Gasteiger partial charge is 0.201 e. The molecule has 102 valence electrons. The lowest BCUT2D eigenvalue weighted by Crippen LogP contribution is -2.05. The summed E-state index contributed by atoms with van der Waals surface area (Å²) >= 11 is 9.32. The Balaban J connectivity index is 1.63. The van der Waals surface area contributed by atoms with Crippen LogP contribution in [0.1, 0.15) is 5.56 Å². The quantitative estimate of drug-likeness (QED) is 0.720. The number of anilines is 1. The Morgan fingerprint density at radius 2 is 1.95 bits per heavy atom. The Bertz CT molecular complexity index is 722. The van der Waals surface area contributed by atoms with E-state index < -0.39 is 0 Å². The number of aromatic amines is 1. The lowest BCUT2D eigenvalue weighted by molar-refractivity contribution is 1.000. The molecule has 1 aromatic heterocycles. The van der Waals surface area contributed by atoms with Crippen molar-refractivity contribution < 1.29 is 0 Å². The van der Waals surface area contributed by atoms with Crippen molar-refractivity contribution in [3.05, 3.63) is 57.5 Å². The molecule has 0 fully saturated rings. The highest BCUT2D eigenvalue weighted by molar-refractivity contribution is 9.10. The summed E-state index contributed by atoms with van der Waals surface area (Å²) in [6.45, 7) is 0.822. The molecular weight excluding hydrogens is 338 g/mol. The fourth-order valence-corrected chi connectivity index (χ4v) is 2.53. The number of H-pyrrole nitrogens is 1. The predicted molar refractivity (Wildman–Crippen MR) is 87.4 cm³/mol. The van der Waals surface area contributed by atoms with Gasteiger partial charge in [0.2, 0.25) is 5.95 Å². The van der Waals surface area contributed by atoms with Crippen molar-refractivity contribution in [2.75, 3.05) is 11.9 Å². The molecule has 0 atom stereocenters. The van der Waals surface area contributed by atoms with E-state index in [2.05, 4.69) is 31.2 Å². The fraction of sp³-hybridized carbons (Fsp3) is 0.133. The number of halogens is 2. The lowest BCUT2D eigenvalue weighted by Gasteiger charge is -2.03. The van der Waals surface area contributed by atoms with E-state index in [1.807, 2.05) is 42.5 Å². The van der Waals surface area contributed by atoms with Gasteiger partial charge in [-0.05, 0) is 42.3 Å². The number of hydrogen-bond donors (Lipinski definition) is 2. The fourth-order valence-electron chi connectivity index (χ4n) is 2.04. The monoisotopic (exact) mass is 349 g/mol. The highest BCUT2D eigenvalue weighted by atomic mass is 79.9. The third kappa shape index (κ3) is 3.14. The largest absolute Gasteiger partial charge is 0.355 e. The topological polar surface area (TPSA) is 40.7 Å². The van der Waals surface area contributed by atoms with Gasteiger partial charge in [0.1, 0.15) is 0 Å². The summed E-state index contributed by atoms with van der Waals surface area (Å²) < 4.78 is 1.04. The zero-order chi connectivity index (χ0) is 13.9. The van der Waals surface area contributed by atoms with Crippen molar-refractivity contribution in [1.82, 2.24) is 9.97 Å². The number of rotatable bonds is 4. The van der Waals surface area contributed by atoms with Crippen LogP contribution >= 0.6 is 27.5 Å². The van der Waals surface area contributed by atoms with Crippen molar-refractivity contribution in [3.63, 3.8) is 0 Å². The maximum atomic E-state index is 5.87. The number of benzene rings is 2. The van der Waals surface area contributed by atoms with Crippen LogP contribution in [0, 0.1) is 0 Å². The lowest BCUT2D eigenvalue weighted by atomic mass is 10.1. The number of nitrogens with zero attached hydrogens (tertiary/aromatic N) is 1. The molecule has 0 aliphatic heterocycles. The first-order valence-electron chi connectivity index (χ1n) is 6.34. The van der Waals surface area contributed by atoms with Crippen molar-refractivity contribution in [1.29, 1.82) is 0 Å². The van der Waals surface area contributed by atoms with Crippen LogP contribution in [0.15, 0.2) is 46.9 Å². The highest BCUT2D eigenvalue weighted by Gasteiger charge is 2.02. The maximum Gasteiger partial charge on any atom is 0.201 e. The molecule has 3 aromatic rings. The van der Waals surface area contributed by atoms with E-state index in [1.165, 1.54) is 5.56 Å². The van der Waals surface area contributed by atoms with Gasteiger partial charge >= 0.3 is 0 Å². The Labute approximate surface area is 130 Å². The summed E-state index contributed by atoms with van der Waals surface area (Å²) in [6, 6.07) is 13.9. The Morgan fingerprint density at radius 3 is 2.75 bits per heavy atom. The first-order chi connectivity index (χ1) is 9.70. The van der Waals surface area contributed by atoms with Gasteiger partial charge in [0.05, 0.1) is 11.0 Å². The summed E-state index contributed by atoms with van der Waals surface area (Å²) in [5.41, 5.74) is 3.23. The molecule has 0 bridgehead atoms. The van der Waals surface area contributed by atoms with Crippen LogP contribution in [-0.4, -0.2) is 16.5 Å². The second kappa shape index (κ2) is 5.85. The standard InChI is InChI=1S/C15H13BrClN3/c16-11-3-6-13-14(9-11)20-15(19-13)18-8-7-10-1-4-12(17)5-2-10/h1-6,9H,7-8H2,(H2,18,19,20). The van der Waals surface area contributed by atoms with Crippen LogP contribution in [0.5, 0.6) is 0 Å². The third-order valence-electron chi connectivity index (χ3n) is 3.06. The van der Waals surface area contributed by atoms with E-state index in [4.69, 9.17) is 11.6 Å². The van der Waals surface area contributed by atoms with Gasteiger partial charge in [0.15, 0.2) is 0 Å². The van der Waals surface area contributed by atoms with Crippen molar-refractivity contribution in [2.45, 2.75) is 6.42 Å². The number of aromatic nitrogens is 2. The molecule has 1 heterocycles. The number of hydrogen-bond acceptors (Lipinski definition) is 2. The number of imidazole rings is 1. The molecule has 0 amide bonds. The van der Waals surface area contributed by atoms with E-state index in [9.17, 15) is 0 Å². The SMILES string of the molecule is Clc1ccc(CCNc2nc3ccc(Br)cc3[nH]2)cc1. The van der Waals surface area contributed by atoms with Gasteiger partial charge in [-0.1, -0.05) is 39.7 Å². The summed E-state index contributed by atoms with van der Waals surface area (Å²) in [4.78, 5) is 7.75. The third-order valence-corrected chi connectivity index (χ3v) is 3.81. The molecular formula is C15H13BrClN3. The summed E-state index contributed by atoms with van der Waals surface area (Å²) in [6.07, 6.45) is 0.928. The zero-order valence-corrected chi connectivity index (χ0v) is 13.0. The van der Waals surface area contributed by atoms with Gasteiger partial charge < -0.3 is 10.3 Å². The molecule has 3 rings (SSSR count). The molecule has 20 heavy (non-hydrogen) atoms. The average Bonchev–Trinajstić information content (AvgIpc) is 2.83. The van der Waals surface area contributed by atoms with Crippen molar-refractivity contribution in [2.24, 2.45) is 0 Å². The van der Waals surface area contributed by atoms with Gasteiger partial charge in [-0.15, -0.1) is 0 Å². The average molecular weight is 351 g/mol. The summed E-state index contributed by atoms with van der Waals surface area (Å²) in [5.74, 6) is 0.798. The summed E-state index contributed by atoms with van der Waals surface area (Å²) in [7, 11) is 0. The van der Waals surface area contributed by atoms with Gasteiger partial charge in [-0.2, -0.15) is 0 Å². The van der Waals surface area contributed by atoms with E-state index in [-0.39, 0.29) is 0 Å². The molecule has 0 saturated carbocycles. The minimum Gasteiger partial charge on any atom is -0.355 e. The van der Waals surface area contributed by atoms with E-state index in [0.717, 1.165) is 39.4 Å². The highest BCUT2D eigenvalue weighted by Crippen LogP contribution is 2.19. The Hall–Kier alpha value is -1.52. The van der Waals surface area contributed by atoms with Gasteiger partial charge in [-0.25, -0.2) is 4.98 Å².